The fourth-order valence-electron chi connectivity index (χ4n) is 1.78. The third kappa shape index (κ3) is 1.23. The van der Waals surface area contributed by atoms with Crippen molar-refractivity contribution in [1.82, 2.24) is 0 Å². The van der Waals surface area contributed by atoms with Gasteiger partial charge in [0.05, 0.1) is 6.61 Å². The summed E-state index contributed by atoms with van der Waals surface area (Å²) >= 11 is 0. The minimum Gasteiger partial charge on any atom is -0.392 e. The lowest BCUT2D eigenvalue weighted by Gasteiger charge is -2.17. The molecule has 2 rings (SSSR count). The molecule has 0 radical (unpaired) electrons. The van der Waals surface area contributed by atoms with E-state index < -0.39 is 18.3 Å². The van der Waals surface area contributed by atoms with Crippen LogP contribution in [0.15, 0.2) is 23.3 Å². The summed E-state index contributed by atoms with van der Waals surface area (Å²) in [5.41, 5.74) is 0.758. The molecule has 3 atom stereocenters. The first kappa shape index (κ1) is 9.58. The summed E-state index contributed by atoms with van der Waals surface area (Å²) in [5.74, 6) is -0.137. The fourth-order valence-corrected chi connectivity index (χ4v) is 1.78. The molecule has 1 fully saturated rings. The van der Waals surface area contributed by atoms with E-state index in [1.807, 2.05) is 0 Å². The summed E-state index contributed by atoms with van der Waals surface area (Å²) in [6.45, 7) is 1.47. The normalized spacial score (nSPS) is 36.5. The number of hydrogen-bond acceptors (Lipinski definition) is 4. The third-order valence-corrected chi connectivity index (χ3v) is 2.57. The predicted molar refractivity (Wildman–Crippen MR) is 48.6 cm³/mol. The Labute approximate surface area is 81.5 Å². The Bertz CT molecular complexity index is 329. The van der Waals surface area contributed by atoms with Gasteiger partial charge >= 0.3 is 0 Å². The van der Waals surface area contributed by atoms with Crippen molar-refractivity contribution in [1.29, 1.82) is 0 Å². The van der Waals surface area contributed by atoms with Crippen LogP contribution in [0.4, 0.5) is 0 Å². The highest BCUT2D eigenvalue weighted by Gasteiger charge is 2.55. The van der Waals surface area contributed by atoms with Crippen molar-refractivity contribution >= 4 is 5.78 Å². The number of ketones is 1. The maximum atomic E-state index is 11.6. The summed E-state index contributed by atoms with van der Waals surface area (Å²) < 4.78 is 5.02. The molecule has 0 amide bonds. The molecular weight excluding hydrogens is 184 g/mol. The lowest BCUT2D eigenvalue weighted by molar-refractivity contribution is -0.116. The molecule has 4 heteroatoms. The lowest BCUT2D eigenvalue weighted by atomic mass is 9.88. The smallest absolute Gasteiger partial charge is 0.194 e. The SMILES string of the molecule is CC=CC1=C(CO)C(O)C2OC2C1=O. The van der Waals surface area contributed by atoms with Crippen molar-refractivity contribution in [2.45, 2.75) is 25.2 Å². The first-order chi connectivity index (χ1) is 6.70. The molecule has 2 N–H and O–H groups in total. The van der Waals surface area contributed by atoms with Crippen molar-refractivity contribution in [3.8, 4) is 0 Å². The minimum atomic E-state index is -0.839. The van der Waals surface area contributed by atoms with Crippen molar-refractivity contribution in [2.75, 3.05) is 6.61 Å². The van der Waals surface area contributed by atoms with Crippen LogP contribution in [0, 0.1) is 0 Å². The van der Waals surface area contributed by atoms with Gasteiger partial charge in [-0.1, -0.05) is 12.2 Å². The maximum absolute atomic E-state index is 11.6. The second kappa shape index (κ2) is 3.31. The number of rotatable bonds is 2. The number of hydrogen-bond donors (Lipinski definition) is 2. The average molecular weight is 196 g/mol. The van der Waals surface area contributed by atoms with E-state index in [1.165, 1.54) is 0 Å². The molecule has 0 bridgehead atoms. The molecule has 2 aliphatic rings. The molecule has 0 saturated carbocycles. The highest BCUT2D eigenvalue weighted by Crippen LogP contribution is 2.37. The standard InChI is InChI=1S/C10H12O4/c1-2-3-5-6(4-11)8(13)10-9(14-10)7(5)12/h2-3,8-11,13H,4H2,1H3. The molecule has 0 aromatic rings. The Hall–Kier alpha value is -0.970. The lowest BCUT2D eigenvalue weighted by Crippen LogP contribution is -2.32. The van der Waals surface area contributed by atoms with E-state index in [0.717, 1.165) is 0 Å². The van der Waals surface area contributed by atoms with E-state index in [-0.39, 0.29) is 12.4 Å². The molecule has 4 nitrogen and oxygen atoms in total. The van der Waals surface area contributed by atoms with Crippen LogP contribution in [0.3, 0.4) is 0 Å². The molecule has 1 heterocycles. The monoisotopic (exact) mass is 196 g/mol. The van der Waals surface area contributed by atoms with Crippen LogP contribution in [0.1, 0.15) is 6.92 Å². The first-order valence-electron chi connectivity index (χ1n) is 4.55. The molecule has 0 spiro atoms. The maximum Gasteiger partial charge on any atom is 0.194 e. The fraction of sp³-hybridized carbons (Fsp3) is 0.500. The second-order valence-corrected chi connectivity index (χ2v) is 3.43. The number of aliphatic hydroxyl groups is 2. The Morgan fingerprint density at radius 2 is 2.29 bits per heavy atom. The molecule has 76 valence electrons. The summed E-state index contributed by atoms with van der Waals surface area (Å²) in [5, 5.41) is 18.7. The summed E-state index contributed by atoms with van der Waals surface area (Å²) in [7, 11) is 0. The quantitative estimate of drug-likeness (QED) is 0.587. The van der Waals surface area contributed by atoms with E-state index in [0.29, 0.717) is 11.1 Å². The molecule has 0 aromatic carbocycles. The number of carbonyl (C=O) groups is 1. The van der Waals surface area contributed by atoms with Crippen molar-refractivity contribution < 1.29 is 19.7 Å². The van der Waals surface area contributed by atoms with Gasteiger partial charge in [-0.25, -0.2) is 0 Å². The van der Waals surface area contributed by atoms with Crippen LogP contribution in [0.25, 0.3) is 0 Å². The van der Waals surface area contributed by atoms with Crippen molar-refractivity contribution in [3.05, 3.63) is 23.3 Å². The topological polar surface area (TPSA) is 70.1 Å². The van der Waals surface area contributed by atoms with Gasteiger partial charge in [0.25, 0.3) is 0 Å². The summed E-state index contributed by atoms with van der Waals surface area (Å²) in [4.78, 5) is 11.6. The van der Waals surface area contributed by atoms with E-state index in [4.69, 9.17) is 9.84 Å². The molecule has 1 aliphatic carbocycles. The van der Waals surface area contributed by atoms with E-state index in [1.54, 1.807) is 19.1 Å². The van der Waals surface area contributed by atoms with Gasteiger partial charge < -0.3 is 14.9 Å². The van der Waals surface area contributed by atoms with E-state index >= 15 is 0 Å². The molecule has 14 heavy (non-hydrogen) atoms. The number of carbonyl (C=O) groups excluding carboxylic acids is 1. The van der Waals surface area contributed by atoms with Crippen LogP contribution in [0.5, 0.6) is 0 Å². The van der Waals surface area contributed by atoms with E-state index in [9.17, 15) is 9.90 Å². The van der Waals surface area contributed by atoms with Crippen LogP contribution in [0.2, 0.25) is 0 Å². The van der Waals surface area contributed by atoms with Crippen LogP contribution < -0.4 is 0 Å². The van der Waals surface area contributed by atoms with E-state index in [2.05, 4.69) is 0 Å². The van der Waals surface area contributed by atoms with Gasteiger partial charge in [-0.15, -0.1) is 0 Å². The second-order valence-electron chi connectivity index (χ2n) is 3.43. The third-order valence-electron chi connectivity index (χ3n) is 2.57. The Morgan fingerprint density at radius 1 is 1.57 bits per heavy atom. The van der Waals surface area contributed by atoms with Crippen LogP contribution in [-0.2, 0) is 9.53 Å². The van der Waals surface area contributed by atoms with Gasteiger partial charge in [0.15, 0.2) is 5.78 Å². The Kier molecular flexibility index (Phi) is 2.26. The minimum absolute atomic E-state index is 0.137. The number of ether oxygens (including phenoxy) is 1. The summed E-state index contributed by atoms with van der Waals surface area (Å²) in [6, 6.07) is 0. The molecule has 1 aliphatic heterocycles. The average Bonchev–Trinajstić information content (AvgIpc) is 2.94. The molecule has 0 aromatic heterocycles. The Morgan fingerprint density at radius 3 is 2.86 bits per heavy atom. The zero-order chi connectivity index (χ0) is 10.3. The molecule has 3 unspecified atom stereocenters. The largest absolute Gasteiger partial charge is 0.392 e. The van der Waals surface area contributed by atoms with Gasteiger partial charge in [0.2, 0.25) is 0 Å². The number of Topliss-reactive ketones (excluding diaryl/α,β-unsaturated/α-hetero) is 1. The number of aliphatic hydroxyl groups excluding tert-OH is 2. The van der Waals surface area contributed by atoms with Gasteiger partial charge in [0, 0.05) is 5.57 Å². The van der Waals surface area contributed by atoms with Crippen LogP contribution >= 0.6 is 0 Å². The number of fused-ring (bicyclic) bond motifs is 1. The van der Waals surface area contributed by atoms with Gasteiger partial charge in [0.1, 0.15) is 18.3 Å². The zero-order valence-corrected chi connectivity index (χ0v) is 7.80. The number of allylic oxidation sites excluding steroid dienone is 2. The molecular formula is C10H12O4. The van der Waals surface area contributed by atoms with Gasteiger partial charge in [-0.05, 0) is 12.5 Å². The van der Waals surface area contributed by atoms with Crippen molar-refractivity contribution in [2.24, 2.45) is 0 Å². The highest BCUT2D eigenvalue weighted by atomic mass is 16.6. The van der Waals surface area contributed by atoms with Gasteiger partial charge in [-0.2, -0.15) is 0 Å². The molecule has 1 saturated heterocycles. The number of epoxide rings is 1. The summed E-state index contributed by atoms with van der Waals surface area (Å²) in [6.07, 6.45) is 1.55. The van der Waals surface area contributed by atoms with Crippen molar-refractivity contribution in [3.63, 3.8) is 0 Å². The van der Waals surface area contributed by atoms with Crippen LogP contribution in [-0.4, -0.2) is 40.9 Å². The zero-order valence-electron chi connectivity index (χ0n) is 7.80. The Balaban J connectivity index is 2.41. The highest BCUT2D eigenvalue weighted by molar-refractivity contribution is 6.05. The predicted octanol–water partition coefficient (Wildman–Crippen LogP) is -0.438. The first-order valence-corrected chi connectivity index (χ1v) is 4.55. The van der Waals surface area contributed by atoms with Gasteiger partial charge in [-0.3, -0.25) is 4.79 Å².